The fourth-order valence-corrected chi connectivity index (χ4v) is 2.24. The van der Waals surface area contributed by atoms with Crippen LogP contribution in [0.3, 0.4) is 0 Å². The quantitative estimate of drug-likeness (QED) is 0.621. The molecule has 2 aromatic rings. The van der Waals surface area contributed by atoms with Crippen molar-refractivity contribution >= 4 is 11.5 Å². The van der Waals surface area contributed by atoms with Crippen molar-refractivity contribution in [2.75, 3.05) is 11.9 Å². The third kappa shape index (κ3) is 3.39. The normalized spacial score (nSPS) is 10.8. The summed E-state index contributed by atoms with van der Waals surface area (Å²) in [5.74, 6) is 0.482. The number of nitrogens with zero attached hydrogens (tertiary/aromatic N) is 5. The van der Waals surface area contributed by atoms with E-state index in [4.69, 9.17) is 0 Å². The summed E-state index contributed by atoms with van der Waals surface area (Å²) in [7, 11) is 1.86. The minimum absolute atomic E-state index is 0.0597. The van der Waals surface area contributed by atoms with E-state index in [9.17, 15) is 10.1 Å². The van der Waals surface area contributed by atoms with Crippen molar-refractivity contribution in [3.63, 3.8) is 0 Å². The molecule has 0 unspecified atom stereocenters. The van der Waals surface area contributed by atoms with Crippen LogP contribution in [0.4, 0.5) is 11.5 Å². The first-order valence-corrected chi connectivity index (χ1v) is 6.97. The van der Waals surface area contributed by atoms with E-state index in [1.807, 2.05) is 26.2 Å². The number of nitrogens with one attached hydrogen (secondary N) is 1. The molecule has 1 N–H and O–H groups in total. The van der Waals surface area contributed by atoms with Gasteiger partial charge in [0.1, 0.15) is 5.69 Å². The van der Waals surface area contributed by atoms with E-state index in [0.29, 0.717) is 31.0 Å². The average molecular weight is 292 g/mol. The lowest BCUT2D eigenvalue weighted by atomic mass is 10.3. The van der Waals surface area contributed by atoms with Gasteiger partial charge in [-0.25, -0.2) is 4.68 Å². The molecule has 114 valence electrons. The highest BCUT2D eigenvalue weighted by Gasteiger charge is 2.24. The Labute approximate surface area is 122 Å². The van der Waals surface area contributed by atoms with Crippen LogP contribution in [0, 0.1) is 17.0 Å². The molecule has 2 aromatic heterocycles. The Kier molecular flexibility index (Phi) is 4.56. The van der Waals surface area contributed by atoms with Crippen LogP contribution in [-0.4, -0.2) is 31.0 Å². The predicted octanol–water partition coefficient (Wildman–Crippen LogP) is 1.90. The van der Waals surface area contributed by atoms with Gasteiger partial charge in [-0.3, -0.25) is 14.8 Å². The summed E-state index contributed by atoms with van der Waals surface area (Å²) in [5.41, 5.74) is 1.45. The number of rotatable bonds is 7. The predicted molar refractivity (Wildman–Crippen MR) is 79.3 cm³/mol. The number of hydrogen-bond acceptors (Lipinski definition) is 5. The molecule has 21 heavy (non-hydrogen) atoms. The Morgan fingerprint density at radius 1 is 1.43 bits per heavy atom. The van der Waals surface area contributed by atoms with Gasteiger partial charge in [-0.2, -0.15) is 10.2 Å². The third-order valence-electron chi connectivity index (χ3n) is 3.16. The summed E-state index contributed by atoms with van der Waals surface area (Å²) in [4.78, 5) is 10.8. The molecule has 0 radical (unpaired) electrons. The maximum Gasteiger partial charge on any atom is 0.333 e. The molecule has 0 amide bonds. The largest absolute Gasteiger partial charge is 0.364 e. The van der Waals surface area contributed by atoms with E-state index in [-0.39, 0.29) is 10.6 Å². The van der Waals surface area contributed by atoms with Crippen molar-refractivity contribution < 1.29 is 4.92 Å². The van der Waals surface area contributed by atoms with Gasteiger partial charge in [-0.1, -0.05) is 6.92 Å². The Hall–Kier alpha value is -2.38. The number of anilines is 1. The summed E-state index contributed by atoms with van der Waals surface area (Å²) in [6, 6.07) is 1.94. The molecule has 0 aliphatic rings. The van der Waals surface area contributed by atoms with E-state index >= 15 is 0 Å². The molecular weight excluding hydrogens is 272 g/mol. The van der Waals surface area contributed by atoms with Crippen LogP contribution in [0.2, 0.25) is 0 Å². The lowest BCUT2D eigenvalue weighted by Crippen LogP contribution is -2.12. The summed E-state index contributed by atoms with van der Waals surface area (Å²) in [6.45, 7) is 4.90. The van der Waals surface area contributed by atoms with Crippen LogP contribution in [0.1, 0.15) is 24.7 Å². The molecule has 0 aliphatic carbocycles. The molecule has 8 heteroatoms. The first-order chi connectivity index (χ1) is 10.0. The van der Waals surface area contributed by atoms with E-state index in [1.54, 1.807) is 16.3 Å². The second-order valence-corrected chi connectivity index (χ2v) is 4.92. The molecule has 0 aliphatic heterocycles. The molecular formula is C13H20N6O2. The van der Waals surface area contributed by atoms with Gasteiger partial charge in [0.15, 0.2) is 0 Å². The molecule has 2 rings (SSSR count). The Balaban J connectivity index is 2.11. The highest BCUT2D eigenvalue weighted by atomic mass is 16.6. The van der Waals surface area contributed by atoms with Crippen LogP contribution in [-0.2, 0) is 20.0 Å². The number of aromatic nitrogens is 4. The zero-order valence-corrected chi connectivity index (χ0v) is 12.5. The highest BCUT2D eigenvalue weighted by Crippen LogP contribution is 2.28. The fraction of sp³-hybridized carbons (Fsp3) is 0.538. The van der Waals surface area contributed by atoms with Gasteiger partial charge in [0.2, 0.25) is 5.82 Å². The van der Waals surface area contributed by atoms with E-state index in [2.05, 4.69) is 15.5 Å². The van der Waals surface area contributed by atoms with E-state index in [1.165, 1.54) is 0 Å². The summed E-state index contributed by atoms with van der Waals surface area (Å²) >= 11 is 0. The first kappa shape index (κ1) is 15.0. The zero-order chi connectivity index (χ0) is 15.4. The second kappa shape index (κ2) is 6.38. The van der Waals surface area contributed by atoms with Gasteiger partial charge >= 0.3 is 5.69 Å². The maximum absolute atomic E-state index is 11.2. The lowest BCUT2D eigenvalue weighted by Gasteiger charge is -2.07. The van der Waals surface area contributed by atoms with Crippen LogP contribution in [0.15, 0.2) is 12.3 Å². The SMILES string of the molecule is CCCn1nc(C)c([N+](=O)[O-])c1NCCc1ccn(C)n1. The average Bonchev–Trinajstić information content (AvgIpc) is 2.94. The van der Waals surface area contributed by atoms with Crippen molar-refractivity contribution in [1.29, 1.82) is 0 Å². The Bertz CT molecular complexity index is 631. The summed E-state index contributed by atoms with van der Waals surface area (Å²) in [5, 5.41) is 22.9. The van der Waals surface area contributed by atoms with Gasteiger partial charge in [0.25, 0.3) is 0 Å². The van der Waals surface area contributed by atoms with Gasteiger partial charge in [0.05, 0.1) is 10.6 Å². The number of nitro groups is 1. The molecule has 0 saturated carbocycles. The second-order valence-electron chi connectivity index (χ2n) is 4.92. The smallest absolute Gasteiger partial charge is 0.333 e. The molecule has 0 fully saturated rings. The Morgan fingerprint density at radius 3 is 2.76 bits per heavy atom. The molecule has 0 saturated heterocycles. The van der Waals surface area contributed by atoms with Gasteiger partial charge < -0.3 is 5.32 Å². The molecule has 0 atom stereocenters. The molecule has 0 spiro atoms. The molecule has 8 nitrogen and oxygen atoms in total. The van der Waals surface area contributed by atoms with Crippen molar-refractivity contribution in [1.82, 2.24) is 19.6 Å². The molecule has 0 aromatic carbocycles. The fourth-order valence-electron chi connectivity index (χ4n) is 2.24. The minimum Gasteiger partial charge on any atom is -0.364 e. The minimum atomic E-state index is -0.377. The van der Waals surface area contributed by atoms with Gasteiger partial charge in [0, 0.05) is 32.8 Å². The first-order valence-electron chi connectivity index (χ1n) is 6.97. The summed E-state index contributed by atoms with van der Waals surface area (Å²) < 4.78 is 3.41. The topological polar surface area (TPSA) is 90.8 Å². The number of aryl methyl sites for hydroxylation is 3. The zero-order valence-electron chi connectivity index (χ0n) is 12.5. The van der Waals surface area contributed by atoms with E-state index in [0.717, 1.165) is 12.1 Å². The maximum atomic E-state index is 11.2. The van der Waals surface area contributed by atoms with Gasteiger partial charge in [-0.15, -0.1) is 0 Å². The van der Waals surface area contributed by atoms with Gasteiger partial charge in [-0.05, 0) is 19.4 Å². The van der Waals surface area contributed by atoms with Crippen molar-refractivity contribution in [2.24, 2.45) is 7.05 Å². The molecule has 2 heterocycles. The standard InChI is InChI=1S/C13H20N6O2/c1-4-8-18-13(12(19(20)21)10(2)15-18)14-7-5-11-6-9-17(3)16-11/h6,9,14H,4-5,7-8H2,1-3H3. The lowest BCUT2D eigenvalue weighted by molar-refractivity contribution is -0.384. The van der Waals surface area contributed by atoms with Crippen LogP contribution >= 0.6 is 0 Å². The highest BCUT2D eigenvalue weighted by molar-refractivity contribution is 5.59. The Morgan fingerprint density at radius 2 is 2.19 bits per heavy atom. The van der Waals surface area contributed by atoms with Crippen molar-refractivity contribution in [2.45, 2.75) is 33.2 Å². The van der Waals surface area contributed by atoms with Crippen molar-refractivity contribution in [3.8, 4) is 0 Å². The van der Waals surface area contributed by atoms with Crippen LogP contribution in [0.5, 0.6) is 0 Å². The third-order valence-corrected chi connectivity index (χ3v) is 3.16. The number of hydrogen-bond donors (Lipinski definition) is 1. The van der Waals surface area contributed by atoms with Crippen LogP contribution < -0.4 is 5.32 Å². The molecule has 0 bridgehead atoms. The van der Waals surface area contributed by atoms with E-state index < -0.39 is 0 Å². The van der Waals surface area contributed by atoms with Crippen molar-refractivity contribution in [3.05, 3.63) is 33.8 Å². The van der Waals surface area contributed by atoms with Crippen LogP contribution in [0.25, 0.3) is 0 Å². The summed E-state index contributed by atoms with van der Waals surface area (Å²) in [6.07, 6.45) is 3.45. The monoisotopic (exact) mass is 292 g/mol.